The van der Waals surface area contributed by atoms with E-state index in [0.717, 1.165) is 5.56 Å². The average molecular weight is 493 g/mol. The average Bonchev–Trinajstić information content (AvgIpc) is 3.51. The maximum atomic E-state index is 14.6. The molecule has 0 bridgehead atoms. The third-order valence-corrected chi connectivity index (χ3v) is 5.56. The highest BCUT2D eigenvalue weighted by Gasteiger charge is 2.15. The Labute approximate surface area is 203 Å². The van der Waals surface area contributed by atoms with Gasteiger partial charge in [-0.3, -0.25) is 4.79 Å². The third kappa shape index (κ3) is 4.41. The van der Waals surface area contributed by atoms with Crippen LogP contribution in [0.2, 0.25) is 10.0 Å². The van der Waals surface area contributed by atoms with Crippen LogP contribution < -0.4 is 5.32 Å². The standard InChI is InChI=1S/C24H15Cl2FN6O/c25-15-6-9-22(18(26)10-15)33-13-21(31-32-33)17-11-16(7-8-19(17)27)29-24(34)20-12-28-23(30-20)14-4-2-1-3-5-14/h1-13H,(H,28,30)(H,29,34). The second-order valence-electron chi connectivity index (χ2n) is 7.30. The van der Waals surface area contributed by atoms with E-state index in [-0.39, 0.29) is 17.0 Å². The minimum Gasteiger partial charge on any atom is -0.334 e. The summed E-state index contributed by atoms with van der Waals surface area (Å²) in [6.45, 7) is 0. The van der Waals surface area contributed by atoms with Crippen LogP contribution >= 0.6 is 23.2 Å². The summed E-state index contributed by atoms with van der Waals surface area (Å²) >= 11 is 12.2. The molecule has 5 rings (SSSR count). The number of carbonyl (C=O) groups is 1. The fourth-order valence-electron chi connectivity index (χ4n) is 3.35. The van der Waals surface area contributed by atoms with Crippen molar-refractivity contribution in [1.82, 2.24) is 25.0 Å². The van der Waals surface area contributed by atoms with Gasteiger partial charge in [-0.15, -0.1) is 5.10 Å². The SMILES string of the molecule is O=C(Nc1ccc(F)c(-c2cn(-c3ccc(Cl)cc3Cl)nn2)c1)c1cnc(-c2ccccc2)[nH]1. The number of halogens is 3. The van der Waals surface area contributed by atoms with Crippen LogP contribution in [-0.2, 0) is 0 Å². The Morgan fingerprint density at radius 1 is 1.03 bits per heavy atom. The molecule has 34 heavy (non-hydrogen) atoms. The van der Waals surface area contributed by atoms with E-state index in [4.69, 9.17) is 23.2 Å². The van der Waals surface area contributed by atoms with Crippen molar-refractivity contribution in [2.45, 2.75) is 0 Å². The quantitative estimate of drug-likeness (QED) is 0.313. The number of hydrogen-bond acceptors (Lipinski definition) is 4. The summed E-state index contributed by atoms with van der Waals surface area (Å²) in [5, 5.41) is 11.7. The van der Waals surface area contributed by atoms with Gasteiger partial charge in [0.1, 0.15) is 23.0 Å². The van der Waals surface area contributed by atoms with Gasteiger partial charge in [0, 0.05) is 21.8 Å². The molecule has 5 aromatic rings. The van der Waals surface area contributed by atoms with Crippen LogP contribution in [0, 0.1) is 5.82 Å². The van der Waals surface area contributed by atoms with Gasteiger partial charge in [-0.2, -0.15) is 0 Å². The maximum Gasteiger partial charge on any atom is 0.273 e. The van der Waals surface area contributed by atoms with E-state index in [1.165, 1.54) is 29.1 Å². The van der Waals surface area contributed by atoms with Gasteiger partial charge in [-0.05, 0) is 36.4 Å². The van der Waals surface area contributed by atoms with Crippen molar-refractivity contribution in [2.75, 3.05) is 5.32 Å². The van der Waals surface area contributed by atoms with Crippen molar-refractivity contribution in [2.24, 2.45) is 0 Å². The molecule has 0 atom stereocenters. The fourth-order valence-corrected chi connectivity index (χ4v) is 3.84. The molecule has 0 fully saturated rings. The van der Waals surface area contributed by atoms with Crippen molar-refractivity contribution in [1.29, 1.82) is 0 Å². The summed E-state index contributed by atoms with van der Waals surface area (Å²) in [5.74, 6) is -0.355. The van der Waals surface area contributed by atoms with E-state index < -0.39 is 11.7 Å². The van der Waals surface area contributed by atoms with Crippen molar-refractivity contribution >= 4 is 34.8 Å². The van der Waals surface area contributed by atoms with E-state index >= 15 is 0 Å². The molecule has 2 heterocycles. The summed E-state index contributed by atoms with van der Waals surface area (Å²) in [6, 6.07) is 18.6. The zero-order valence-electron chi connectivity index (χ0n) is 17.3. The molecule has 0 radical (unpaired) electrons. The summed E-state index contributed by atoms with van der Waals surface area (Å²) in [4.78, 5) is 20.0. The number of H-pyrrole nitrogens is 1. The van der Waals surface area contributed by atoms with E-state index in [9.17, 15) is 9.18 Å². The van der Waals surface area contributed by atoms with Gasteiger partial charge in [0.05, 0.1) is 23.1 Å². The number of benzene rings is 3. The zero-order valence-corrected chi connectivity index (χ0v) is 18.8. The van der Waals surface area contributed by atoms with Crippen molar-refractivity contribution in [3.63, 3.8) is 0 Å². The first kappa shape index (κ1) is 21.8. The van der Waals surface area contributed by atoms with Crippen LogP contribution in [-0.4, -0.2) is 30.9 Å². The molecule has 3 aromatic carbocycles. The molecule has 0 aliphatic carbocycles. The molecule has 0 aliphatic heterocycles. The maximum absolute atomic E-state index is 14.6. The highest BCUT2D eigenvalue weighted by Crippen LogP contribution is 2.28. The Morgan fingerprint density at radius 2 is 1.85 bits per heavy atom. The van der Waals surface area contributed by atoms with Crippen LogP contribution in [0.25, 0.3) is 28.3 Å². The minimum absolute atomic E-state index is 0.170. The molecule has 7 nitrogen and oxygen atoms in total. The Kier molecular flexibility index (Phi) is 5.83. The predicted molar refractivity (Wildman–Crippen MR) is 129 cm³/mol. The number of nitrogens with one attached hydrogen (secondary N) is 2. The highest BCUT2D eigenvalue weighted by molar-refractivity contribution is 6.35. The van der Waals surface area contributed by atoms with Gasteiger partial charge in [-0.25, -0.2) is 14.1 Å². The Bertz CT molecular complexity index is 1500. The number of aromatic amines is 1. The monoisotopic (exact) mass is 492 g/mol. The second-order valence-corrected chi connectivity index (χ2v) is 8.15. The van der Waals surface area contributed by atoms with Gasteiger partial charge in [0.15, 0.2) is 0 Å². The normalized spacial score (nSPS) is 10.9. The highest BCUT2D eigenvalue weighted by atomic mass is 35.5. The Morgan fingerprint density at radius 3 is 2.65 bits per heavy atom. The molecule has 10 heteroatoms. The Balaban J connectivity index is 1.38. The van der Waals surface area contributed by atoms with E-state index in [1.54, 1.807) is 24.4 Å². The molecule has 0 aliphatic rings. The van der Waals surface area contributed by atoms with Crippen LogP contribution in [0.3, 0.4) is 0 Å². The molecule has 0 saturated heterocycles. The lowest BCUT2D eigenvalue weighted by molar-refractivity contribution is 0.102. The van der Waals surface area contributed by atoms with Crippen LogP contribution in [0.4, 0.5) is 10.1 Å². The number of hydrogen-bond donors (Lipinski definition) is 2. The lowest BCUT2D eigenvalue weighted by Gasteiger charge is -2.06. The van der Waals surface area contributed by atoms with Gasteiger partial charge in [-0.1, -0.05) is 58.7 Å². The van der Waals surface area contributed by atoms with Crippen molar-refractivity contribution < 1.29 is 9.18 Å². The van der Waals surface area contributed by atoms with Gasteiger partial charge < -0.3 is 10.3 Å². The first-order valence-electron chi connectivity index (χ1n) is 10.1. The predicted octanol–water partition coefficient (Wildman–Crippen LogP) is 6.02. The van der Waals surface area contributed by atoms with Crippen LogP contribution in [0.1, 0.15) is 10.5 Å². The topological polar surface area (TPSA) is 88.5 Å². The van der Waals surface area contributed by atoms with E-state index in [1.807, 2.05) is 30.3 Å². The molecule has 0 spiro atoms. The minimum atomic E-state index is -0.514. The summed E-state index contributed by atoms with van der Waals surface area (Å²) < 4.78 is 16.0. The third-order valence-electron chi connectivity index (χ3n) is 5.02. The molecule has 0 saturated carbocycles. The van der Waals surface area contributed by atoms with Gasteiger partial charge >= 0.3 is 0 Å². The van der Waals surface area contributed by atoms with Crippen LogP contribution in [0.15, 0.2) is 79.1 Å². The number of imidazole rings is 1. The number of anilines is 1. The molecule has 168 valence electrons. The van der Waals surface area contributed by atoms with Crippen molar-refractivity contribution in [3.05, 3.63) is 101 Å². The molecule has 2 aromatic heterocycles. The second kappa shape index (κ2) is 9.09. The van der Waals surface area contributed by atoms with Crippen molar-refractivity contribution in [3.8, 4) is 28.3 Å². The molecule has 2 N–H and O–H groups in total. The first-order valence-corrected chi connectivity index (χ1v) is 10.8. The number of amides is 1. The van der Waals surface area contributed by atoms with Gasteiger partial charge in [0.25, 0.3) is 5.91 Å². The number of carbonyl (C=O) groups excluding carboxylic acids is 1. The molecular formula is C24H15Cl2FN6O. The first-order chi connectivity index (χ1) is 16.5. The number of rotatable bonds is 5. The largest absolute Gasteiger partial charge is 0.334 e. The lowest BCUT2D eigenvalue weighted by atomic mass is 10.1. The molecule has 0 unspecified atom stereocenters. The zero-order chi connectivity index (χ0) is 23.7. The number of nitrogens with zero attached hydrogens (tertiary/aromatic N) is 4. The smallest absolute Gasteiger partial charge is 0.273 e. The summed E-state index contributed by atoms with van der Waals surface area (Å²) in [5.41, 5.74) is 2.50. The molecular weight excluding hydrogens is 478 g/mol. The fraction of sp³-hybridized carbons (Fsp3) is 0. The number of aromatic nitrogens is 5. The summed E-state index contributed by atoms with van der Waals surface area (Å²) in [7, 11) is 0. The van der Waals surface area contributed by atoms with E-state index in [2.05, 4.69) is 25.6 Å². The van der Waals surface area contributed by atoms with E-state index in [0.29, 0.717) is 27.2 Å². The van der Waals surface area contributed by atoms with Crippen LogP contribution in [0.5, 0.6) is 0 Å². The van der Waals surface area contributed by atoms with Gasteiger partial charge in [0.2, 0.25) is 0 Å². The summed E-state index contributed by atoms with van der Waals surface area (Å²) in [6.07, 6.45) is 2.99. The molecule has 1 amide bonds. The Hall–Kier alpha value is -4.01. The lowest BCUT2D eigenvalue weighted by Crippen LogP contribution is -2.12.